The quantitative estimate of drug-likeness (QED) is 0.0636. The molecule has 3 rings (SSSR count). The molecule has 2 unspecified atom stereocenters. The lowest BCUT2D eigenvalue weighted by molar-refractivity contribution is 0.0200. The Balaban J connectivity index is 2.06. The molecule has 0 heterocycles. The van der Waals surface area contributed by atoms with Gasteiger partial charge < -0.3 is 13.9 Å². The van der Waals surface area contributed by atoms with Gasteiger partial charge in [0.25, 0.3) is 0 Å². The minimum atomic E-state index is -1.93. The highest BCUT2D eigenvalue weighted by Gasteiger charge is 2.44. The molecule has 0 amide bonds. The summed E-state index contributed by atoms with van der Waals surface area (Å²) in [6.07, 6.45) is 14.0. The number of allylic oxidation sites excluding steroid dienone is 4. The summed E-state index contributed by atoms with van der Waals surface area (Å²) in [4.78, 5) is 16.6. The van der Waals surface area contributed by atoms with E-state index in [2.05, 4.69) is 10.3 Å². The lowest BCUT2D eigenvalue weighted by Crippen LogP contribution is -2.47. The third kappa shape index (κ3) is 6.85. The summed E-state index contributed by atoms with van der Waals surface area (Å²) in [7, 11) is 0. The van der Waals surface area contributed by atoms with E-state index in [1.807, 2.05) is 49.0 Å². The number of nitrogens with one attached hydrogen (secondary N) is 1. The summed E-state index contributed by atoms with van der Waals surface area (Å²) >= 11 is 1.91. The number of benzene rings is 1. The van der Waals surface area contributed by atoms with Gasteiger partial charge in [-0.15, -0.1) is 0 Å². The van der Waals surface area contributed by atoms with E-state index in [1.54, 1.807) is 12.1 Å². The minimum absolute atomic E-state index is 0.0793. The molecular weight excluding hydrogens is 610 g/mol. The Kier molecular flexibility index (Phi) is 11.4. The molecule has 0 aromatic heterocycles. The third-order valence-electron chi connectivity index (χ3n) is 8.01. The van der Waals surface area contributed by atoms with Gasteiger partial charge in [0.2, 0.25) is 0 Å². The van der Waals surface area contributed by atoms with Crippen molar-refractivity contribution >= 4 is 35.5 Å². The van der Waals surface area contributed by atoms with Gasteiger partial charge in [0.15, 0.2) is 12.0 Å². The normalized spacial score (nSPS) is 20.1. The number of aliphatic imine (C=N–C) groups is 1. The van der Waals surface area contributed by atoms with Crippen molar-refractivity contribution in [2.75, 3.05) is 13.1 Å². The number of nitrogens with zero attached hydrogens (tertiary/aromatic N) is 2. The second-order valence-corrected chi connectivity index (χ2v) is 10.7. The maximum Gasteiger partial charge on any atom is 0.168 e. The van der Waals surface area contributed by atoms with Crippen LogP contribution in [0.1, 0.15) is 86.7 Å². The van der Waals surface area contributed by atoms with Crippen molar-refractivity contribution in [1.29, 1.82) is 5.26 Å². The first-order valence-electron chi connectivity index (χ1n) is 13.5. The van der Waals surface area contributed by atoms with Gasteiger partial charge in [-0.2, -0.15) is 5.26 Å². The van der Waals surface area contributed by atoms with E-state index in [9.17, 15) is 9.90 Å². The summed E-state index contributed by atoms with van der Waals surface area (Å²) in [5, 5.41) is 24.1. The zero-order valence-electron chi connectivity index (χ0n) is 22.7. The highest BCUT2D eigenvalue weighted by Crippen LogP contribution is 2.47. The number of aliphatic hydroxyl groups is 1. The molecular formula is C30H38FIN4O3. The minimum Gasteiger partial charge on any atom is -0.403 e. The van der Waals surface area contributed by atoms with E-state index in [1.165, 1.54) is 18.7 Å². The molecule has 0 aliphatic heterocycles. The average Bonchev–Trinajstić information content (AvgIpc) is 2.96. The Morgan fingerprint density at radius 3 is 2.64 bits per heavy atom. The van der Waals surface area contributed by atoms with Gasteiger partial charge in [-0.3, -0.25) is 15.1 Å². The van der Waals surface area contributed by atoms with Gasteiger partial charge >= 0.3 is 0 Å². The molecule has 210 valence electrons. The van der Waals surface area contributed by atoms with Crippen LogP contribution in [0, 0.1) is 23.1 Å². The van der Waals surface area contributed by atoms with E-state index in [-0.39, 0.29) is 35.7 Å². The third-order valence-corrected chi connectivity index (χ3v) is 8.79. The SMILES string of the molecule is CCC(OI)(c1cc(F)c(C(O)(NCCN=C/C(C#N)=C\N)C2=CC=C(C)CC2)c(C=O)c1)C1CCCCC1. The first-order chi connectivity index (χ1) is 18.8. The number of nitriles is 1. The molecule has 0 bridgehead atoms. The van der Waals surface area contributed by atoms with Crippen LogP contribution in [0.25, 0.3) is 0 Å². The number of hydrogen-bond acceptors (Lipinski definition) is 7. The van der Waals surface area contributed by atoms with Crippen LogP contribution >= 0.6 is 23.0 Å². The molecule has 4 N–H and O–H groups in total. The summed E-state index contributed by atoms with van der Waals surface area (Å²) in [5.74, 6) is -0.456. The topological polar surface area (TPSA) is 121 Å². The number of carbonyl (C=O) groups excluding carboxylic acids is 1. The van der Waals surface area contributed by atoms with E-state index >= 15 is 4.39 Å². The number of hydrogen-bond donors (Lipinski definition) is 3. The first-order valence-corrected chi connectivity index (χ1v) is 14.4. The summed E-state index contributed by atoms with van der Waals surface area (Å²) < 4.78 is 22.3. The predicted molar refractivity (Wildman–Crippen MR) is 160 cm³/mol. The second-order valence-electron chi connectivity index (χ2n) is 10.3. The summed E-state index contributed by atoms with van der Waals surface area (Å²) in [6.45, 7) is 4.38. The van der Waals surface area contributed by atoms with Crippen molar-refractivity contribution in [3.63, 3.8) is 0 Å². The van der Waals surface area contributed by atoms with Gasteiger partial charge in [0.1, 0.15) is 40.5 Å². The van der Waals surface area contributed by atoms with Crippen molar-refractivity contribution in [3.05, 3.63) is 69.7 Å². The van der Waals surface area contributed by atoms with Crippen LogP contribution in [-0.4, -0.2) is 30.7 Å². The van der Waals surface area contributed by atoms with Crippen LogP contribution in [0.4, 0.5) is 4.39 Å². The van der Waals surface area contributed by atoms with Crippen LogP contribution in [-0.2, 0) is 14.4 Å². The zero-order valence-corrected chi connectivity index (χ0v) is 24.8. The fourth-order valence-corrected chi connectivity index (χ4v) is 6.71. The highest BCUT2D eigenvalue weighted by molar-refractivity contribution is 14.1. The number of nitrogens with two attached hydrogens (primary N) is 1. The molecule has 1 aromatic carbocycles. The molecule has 1 fully saturated rings. The average molecular weight is 649 g/mol. The Bertz CT molecular complexity index is 1190. The molecule has 0 saturated heterocycles. The standard InChI is InChI=1S/C30H38FIN4O3/c1-3-29(39-32,24-7-5-4-6-8-24)26-15-23(20-37)28(27(31)16-26)30(38,25-11-9-21(2)10-12-25)36-14-13-35-19-22(17-33)18-34/h9,11,15-17,19-20,24,36,38H,3-8,10,12-14,33H2,1-2H3/b22-17-,35-19?. The maximum absolute atomic E-state index is 16.2. The summed E-state index contributed by atoms with van der Waals surface area (Å²) in [6, 6.07) is 5.03. The van der Waals surface area contributed by atoms with E-state index < -0.39 is 17.1 Å². The van der Waals surface area contributed by atoms with Gasteiger partial charge in [-0.25, -0.2) is 4.39 Å². The second kappa shape index (κ2) is 14.3. The molecule has 9 heteroatoms. The molecule has 2 aliphatic rings. The first kappa shape index (κ1) is 31.1. The number of carbonyl (C=O) groups is 1. The molecule has 7 nitrogen and oxygen atoms in total. The Morgan fingerprint density at radius 2 is 2.08 bits per heavy atom. The van der Waals surface area contributed by atoms with Crippen molar-refractivity contribution < 1.29 is 17.4 Å². The molecule has 1 saturated carbocycles. The fraction of sp³-hybridized carbons (Fsp3) is 0.500. The number of halogens is 2. The number of aldehydes is 1. The number of rotatable bonds is 12. The van der Waals surface area contributed by atoms with E-state index in [0.29, 0.717) is 36.7 Å². The monoisotopic (exact) mass is 648 g/mol. The van der Waals surface area contributed by atoms with Gasteiger partial charge in [0, 0.05) is 30.1 Å². The lowest BCUT2D eigenvalue weighted by Gasteiger charge is -2.41. The molecule has 0 spiro atoms. The molecule has 2 atom stereocenters. The van der Waals surface area contributed by atoms with Crippen LogP contribution < -0.4 is 11.1 Å². The Hall–Kier alpha value is -2.39. The van der Waals surface area contributed by atoms with Gasteiger partial charge in [-0.05, 0) is 68.2 Å². The van der Waals surface area contributed by atoms with Crippen molar-refractivity contribution in [1.82, 2.24) is 5.32 Å². The molecule has 0 radical (unpaired) electrons. The fourth-order valence-electron chi connectivity index (χ4n) is 5.79. The molecule has 39 heavy (non-hydrogen) atoms. The van der Waals surface area contributed by atoms with Crippen molar-refractivity contribution in [2.24, 2.45) is 16.6 Å². The van der Waals surface area contributed by atoms with Gasteiger partial charge in [0.05, 0.1) is 12.1 Å². The smallest absolute Gasteiger partial charge is 0.168 e. The van der Waals surface area contributed by atoms with Crippen LogP contribution in [0.2, 0.25) is 0 Å². The maximum atomic E-state index is 16.2. The van der Waals surface area contributed by atoms with Crippen LogP contribution in [0.5, 0.6) is 0 Å². The molecule has 1 aromatic rings. The van der Waals surface area contributed by atoms with Crippen molar-refractivity contribution in [3.8, 4) is 6.07 Å². The van der Waals surface area contributed by atoms with Gasteiger partial charge in [-0.1, -0.05) is 43.9 Å². The lowest BCUT2D eigenvalue weighted by atomic mass is 9.71. The Morgan fingerprint density at radius 1 is 1.33 bits per heavy atom. The summed E-state index contributed by atoms with van der Waals surface area (Å²) in [5.41, 5.74) is 5.23. The Labute approximate surface area is 244 Å². The van der Waals surface area contributed by atoms with Crippen molar-refractivity contribution in [2.45, 2.75) is 76.5 Å². The van der Waals surface area contributed by atoms with Crippen LogP contribution in [0.15, 0.2) is 52.2 Å². The largest absolute Gasteiger partial charge is 0.403 e. The predicted octanol–water partition coefficient (Wildman–Crippen LogP) is 6.03. The van der Waals surface area contributed by atoms with E-state index in [4.69, 9.17) is 14.1 Å². The molecule has 2 aliphatic carbocycles. The zero-order chi connectivity index (χ0) is 28.5. The highest BCUT2D eigenvalue weighted by atomic mass is 127. The van der Waals surface area contributed by atoms with E-state index in [0.717, 1.165) is 37.5 Å². The van der Waals surface area contributed by atoms with Crippen LogP contribution in [0.3, 0.4) is 0 Å².